The lowest BCUT2D eigenvalue weighted by atomic mass is 10.2. The molecule has 0 saturated carbocycles. The summed E-state index contributed by atoms with van der Waals surface area (Å²) in [5.41, 5.74) is -0.108. The Bertz CT molecular complexity index is 986. The largest absolute Gasteiger partial charge is 0.496 e. The van der Waals surface area contributed by atoms with Crippen molar-refractivity contribution >= 4 is 16.0 Å². The maximum atomic E-state index is 13.0. The molecular formula is C19H23F2N3O5S. The maximum Gasteiger partial charge on any atom is 0.342 e. The third-order valence-corrected chi connectivity index (χ3v) is 6.78. The molecule has 1 aliphatic heterocycles. The second-order valence-electron chi connectivity index (χ2n) is 6.78. The summed E-state index contributed by atoms with van der Waals surface area (Å²) in [4.78, 5) is 16.3. The van der Waals surface area contributed by atoms with E-state index < -0.39 is 29.1 Å². The van der Waals surface area contributed by atoms with E-state index in [1.165, 1.54) is 35.8 Å². The molecular weight excluding hydrogens is 420 g/mol. The highest BCUT2D eigenvalue weighted by atomic mass is 32.2. The van der Waals surface area contributed by atoms with Crippen molar-refractivity contribution < 1.29 is 31.5 Å². The third-order valence-electron chi connectivity index (χ3n) is 4.89. The molecule has 8 nitrogen and oxygen atoms in total. The number of esters is 1. The van der Waals surface area contributed by atoms with E-state index in [1.54, 1.807) is 0 Å². The van der Waals surface area contributed by atoms with Gasteiger partial charge in [-0.2, -0.15) is 13.1 Å². The van der Waals surface area contributed by atoms with Crippen LogP contribution in [0.2, 0.25) is 0 Å². The highest BCUT2D eigenvalue weighted by Crippen LogP contribution is 2.27. The van der Waals surface area contributed by atoms with Crippen LogP contribution in [0.4, 0.5) is 8.78 Å². The van der Waals surface area contributed by atoms with Gasteiger partial charge in [0, 0.05) is 25.5 Å². The van der Waals surface area contributed by atoms with Crippen molar-refractivity contribution in [3.63, 3.8) is 0 Å². The van der Waals surface area contributed by atoms with Gasteiger partial charge in [-0.3, -0.25) is 4.57 Å². The van der Waals surface area contributed by atoms with Crippen molar-refractivity contribution in [2.24, 2.45) is 0 Å². The zero-order valence-electron chi connectivity index (χ0n) is 16.5. The minimum atomic E-state index is -3.79. The number of carbonyl (C=O) groups is 1. The summed E-state index contributed by atoms with van der Waals surface area (Å²) < 4.78 is 64.1. The van der Waals surface area contributed by atoms with Gasteiger partial charge in [-0.1, -0.05) is 12.8 Å². The van der Waals surface area contributed by atoms with E-state index >= 15 is 0 Å². The summed E-state index contributed by atoms with van der Waals surface area (Å²) in [6, 6.07) is 3.95. The lowest BCUT2D eigenvalue weighted by molar-refractivity contribution is 0.0373. The molecule has 3 rings (SSSR count). The second kappa shape index (κ2) is 9.52. The predicted molar refractivity (Wildman–Crippen MR) is 103 cm³/mol. The van der Waals surface area contributed by atoms with Crippen molar-refractivity contribution in [2.45, 2.75) is 43.7 Å². The van der Waals surface area contributed by atoms with Crippen LogP contribution in [-0.2, 0) is 21.4 Å². The lowest BCUT2D eigenvalue weighted by Crippen LogP contribution is -2.32. The lowest BCUT2D eigenvalue weighted by Gasteiger charge is -2.20. The van der Waals surface area contributed by atoms with Gasteiger partial charge in [-0.25, -0.2) is 18.2 Å². The van der Waals surface area contributed by atoms with E-state index in [2.05, 4.69) is 4.98 Å². The highest BCUT2D eigenvalue weighted by Gasteiger charge is 2.27. The van der Waals surface area contributed by atoms with Crippen molar-refractivity contribution in [1.29, 1.82) is 0 Å². The van der Waals surface area contributed by atoms with E-state index in [4.69, 9.17) is 9.47 Å². The Hall–Kier alpha value is -2.53. The van der Waals surface area contributed by atoms with Gasteiger partial charge < -0.3 is 9.47 Å². The first kappa shape index (κ1) is 22.2. The number of ether oxygens (including phenoxy) is 2. The number of alkyl halides is 2. The van der Waals surface area contributed by atoms with Crippen LogP contribution in [0.1, 0.15) is 48.4 Å². The number of hydrogen-bond acceptors (Lipinski definition) is 6. The summed E-state index contributed by atoms with van der Waals surface area (Å²) in [5.74, 6) is -0.915. The van der Waals surface area contributed by atoms with Crippen LogP contribution >= 0.6 is 0 Å². The highest BCUT2D eigenvalue weighted by molar-refractivity contribution is 7.89. The number of methoxy groups -OCH3 is 1. The number of aromatic nitrogens is 2. The van der Waals surface area contributed by atoms with Crippen LogP contribution in [0.15, 0.2) is 35.5 Å². The van der Waals surface area contributed by atoms with E-state index in [0.717, 1.165) is 31.9 Å². The molecule has 0 bridgehead atoms. The van der Waals surface area contributed by atoms with Gasteiger partial charge in [0.15, 0.2) is 5.82 Å². The fourth-order valence-electron chi connectivity index (χ4n) is 3.28. The smallest absolute Gasteiger partial charge is 0.342 e. The van der Waals surface area contributed by atoms with Crippen LogP contribution in [-0.4, -0.2) is 48.4 Å². The number of hydrogen-bond donors (Lipinski definition) is 0. The number of imidazole rings is 1. The van der Waals surface area contributed by atoms with Gasteiger partial charge in [0.1, 0.15) is 17.9 Å². The molecule has 1 fully saturated rings. The van der Waals surface area contributed by atoms with Crippen molar-refractivity contribution in [3.05, 3.63) is 42.0 Å². The SMILES string of the molecule is COc1ccc(S(=O)(=O)N2CCCCCC2)cc1C(=O)OCc1nccn1C(F)F. The van der Waals surface area contributed by atoms with Crippen molar-refractivity contribution in [3.8, 4) is 5.75 Å². The molecule has 1 aliphatic rings. The van der Waals surface area contributed by atoms with E-state index in [9.17, 15) is 22.0 Å². The Kier molecular flexibility index (Phi) is 7.03. The van der Waals surface area contributed by atoms with Crippen molar-refractivity contribution in [1.82, 2.24) is 13.9 Å². The summed E-state index contributed by atoms with van der Waals surface area (Å²) in [7, 11) is -2.46. The molecule has 0 atom stereocenters. The van der Waals surface area contributed by atoms with E-state index in [1.807, 2.05) is 0 Å². The van der Waals surface area contributed by atoms with Crippen LogP contribution in [0.25, 0.3) is 0 Å². The topological polar surface area (TPSA) is 90.7 Å². The first-order chi connectivity index (χ1) is 14.3. The summed E-state index contributed by atoms with van der Waals surface area (Å²) >= 11 is 0. The molecule has 2 aromatic rings. The monoisotopic (exact) mass is 443 g/mol. The average molecular weight is 443 g/mol. The summed E-state index contributed by atoms with van der Waals surface area (Å²) in [6.45, 7) is -2.48. The maximum absolute atomic E-state index is 13.0. The number of sulfonamides is 1. The van der Waals surface area contributed by atoms with Gasteiger partial charge in [0.2, 0.25) is 10.0 Å². The number of halogens is 2. The molecule has 0 radical (unpaired) electrons. The molecule has 11 heteroatoms. The Morgan fingerprint density at radius 3 is 2.53 bits per heavy atom. The minimum absolute atomic E-state index is 0.0498. The molecule has 1 aromatic carbocycles. The average Bonchev–Trinajstić information content (AvgIpc) is 3.03. The first-order valence-corrected chi connectivity index (χ1v) is 10.9. The minimum Gasteiger partial charge on any atom is -0.496 e. The molecule has 0 amide bonds. The zero-order valence-corrected chi connectivity index (χ0v) is 17.3. The Morgan fingerprint density at radius 1 is 1.20 bits per heavy atom. The molecule has 0 aliphatic carbocycles. The molecule has 1 saturated heterocycles. The normalized spacial score (nSPS) is 15.7. The number of rotatable bonds is 7. The van der Waals surface area contributed by atoms with Gasteiger partial charge in [-0.05, 0) is 31.0 Å². The quantitative estimate of drug-likeness (QED) is 0.611. The Labute approximate surface area is 173 Å². The van der Waals surface area contributed by atoms with Crippen LogP contribution in [0, 0.1) is 0 Å². The fraction of sp³-hybridized carbons (Fsp3) is 0.474. The van der Waals surface area contributed by atoms with Gasteiger partial charge >= 0.3 is 12.5 Å². The number of nitrogens with zero attached hydrogens (tertiary/aromatic N) is 3. The molecule has 0 unspecified atom stereocenters. The van der Waals surface area contributed by atoms with Gasteiger partial charge in [0.05, 0.1) is 12.0 Å². The van der Waals surface area contributed by atoms with Gasteiger partial charge in [0.25, 0.3) is 0 Å². The Morgan fingerprint density at radius 2 is 1.90 bits per heavy atom. The van der Waals surface area contributed by atoms with Crippen LogP contribution in [0.5, 0.6) is 5.75 Å². The second-order valence-corrected chi connectivity index (χ2v) is 8.72. The molecule has 30 heavy (non-hydrogen) atoms. The standard InChI is InChI=1S/C19H23F2N3O5S/c1-28-16-7-6-14(30(26,27)23-9-4-2-3-5-10-23)12-15(16)18(25)29-13-17-22-8-11-24(17)19(20)21/h6-8,11-12,19H,2-5,9-10,13H2,1H3. The molecule has 2 heterocycles. The molecule has 0 N–H and O–H groups in total. The van der Waals surface area contributed by atoms with E-state index in [-0.39, 0.29) is 22.0 Å². The Balaban J connectivity index is 1.83. The number of carbonyl (C=O) groups excluding carboxylic acids is 1. The van der Waals surface area contributed by atoms with Gasteiger partial charge in [-0.15, -0.1) is 0 Å². The van der Waals surface area contributed by atoms with Crippen molar-refractivity contribution in [2.75, 3.05) is 20.2 Å². The third kappa shape index (κ3) is 4.78. The summed E-state index contributed by atoms with van der Waals surface area (Å²) in [5, 5.41) is 0. The molecule has 164 valence electrons. The number of benzene rings is 1. The zero-order chi connectivity index (χ0) is 21.7. The predicted octanol–water partition coefficient (Wildman–Crippen LogP) is 3.21. The first-order valence-electron chi connectivity index (χ1n) is 9.49. The van der Waals surface area contributed by atoms with E-state index in [0.29, 0.717) is 17.7 Å². The molecule has 1 aromatic heterocycles. The van der Waals surface area contributed by atoms with Crippen LogP contribution < -0.4 is 4.74 Å². The van der Waals surface area contributed by atoms with Crippen LogP contribution in [0.3, 0.4) is 0 Å². The molecule has 0 spiro atoms. The fourth-order valence-corrected chi connectivity index (χ4v) is 4.82. The summed E-state index contributed by atoms with van der Waals surface area (Å²) in [6.07, 6.45) is 5.75.